The van der Waals surface area contributed by atoms with Crippen LogP contribution in [-0.2, 0) is 20.7 Å². The summed E-state index contributed by atoms with van der Waals surface area (Å²) in [6.07, 6.45) is 9.84. The third-order valence-corrected chi connectivity index (χ3v) is 13.9. The number of nitrogens with zero attached hydrogens (tertiary/aromatic N) is 9. The number of amides is 3. The van der Waals surface area contributed by atoms with E-state index >= 15 is 0 Å². The van der Waals surface area contributed by atoms with E-state index in [1.54, 1.807) is 32.0 Å². The Morgan fingerprint density at radius 1 is 0.983 bits per heavy atom. The topological polar surface area (TPSA) is 177 Å². The highest BCUT2D eigenvalue weighted by Gasteiger charge is 2.71. The zero-order chi connectivity index (χ0) is 40.8. The Bertz CT molecular complexity index is 2560. The van der Waals surface area contributed by atoms with E-state index in [1.165, 1.54) is 10.7 Å². The van der Waals surface area contributed by atoms with Gasteiger partial charge >= 0.3 is 0 Å². The molecule has 0 spiro atoms. The van der Waals surface area contributed by atoms with Crippen LogP contribution in [0.15, 0.2) is 54.9 Å². The van der Waals surface area contributed by atoms with E-state index in [2.05, 4.69) is 53.4 Å². The van der Waals surface area contributed by atoms with Crippen molar-refractivity contribution in [3.05, 3.63) is 83.1 Å². The molecule has 3 saturated carbocycles. The molecular formula is C44H49N11O4. The number of aromatic nitrogens is 5. The molecule has 59 heavy (non-hydrogen) atoms. The summed E-state index contributed by atoms with van der Waals surface area (Å²) in [7, 11) is 0. The molecule has 15 heteroatoms. The van der Waals surface area contributed by atoms with E-state index in [0.29, 0.717) is 46.9 Å². The maximum absolute atomic E-state index is 13.6. The van der Waals surface area contributed by atoms with Crippen molar-refractivity contribution in [3.8, 4) is 6.07 Å². The van der Waals surface area contributed by atoms with Crippen LogP contribution in [-0.4, -0.2) is 108 Å². The Morgan fingerprint density at radius 2 is 1.75 bits per heavy atom. The molecule has 1 unspecified atom stereocenters. The van der Waals surface area contributed by atoms with Crippen LogP contribution >= 0.6 is 0 Å². The minimum atomic E-state index is -1.23. The maximum atomic E-state index is 13.6. The van der Waals surface area contributed by atoms with Crippen LogP contribution in [0.2, 0.25) is 0 Å². The van der Waals surface area contributed by atoms with Gasteiger partial charge in [0, 0.05) is 80.1 Å². The van der Waals surface area contributed by atoms with Crippen LogP contribution in [0.1, 0.15) is 97.7 Å². The Morgan fingerprint density at radius 3 is 2.44 bits per heavy atom. The van der Waals surface area contributed by atoms with Crippen molar-refractivity contribution in [2.45, 2.75) is 94.4 Å². The number of aryl methyl sites for hydroxylation is 1. The zero-order valence-electron chi connectivity index (χ0n) is 33.7. The number of hydrogen-bond acceptors (Lipinski definition) is 11. The molecule has 3 aliphatic heterocycles. The Kier molecular flexibility index (Phi) is 8.72. The largest absolute Gasteiger partial charge is 0.386 e. The van der Waals surface area contributed by atoms with Crippen LogP contribution in [0.25, 0.3) is 16.4 Å². The Hall–Kier alpha value is -5.69. The van der Waals surface area contributed by atoms with Gasteiger partial charge in [-0.05, 0) is 102 Å². The molecule has 15 nitrogen and oxygen atoms in total. The molecule has 3 aliphatic carbocycles. The normalized spacial score (nSPS) is 25.4. The minimum absolute atomic E-state index is 0.00681. The van der Waals surface area contributed by atoms with Crippen molar-refractivity contribution in [2.24, 2.45) is 0 Å². The molecule has 2 bridgehead atoms. The van der Waals surface area contributed by atoms with Crippen molar-refractivity contribution in [1.82, 2.24) is 39.5 Å². The highest BCUT2D eigenvalue weighted by molar-refractivity contribution is 6.05. The fourth-order valence-electron chi connectivity index (χ4n) is 10.7. The van der Waals surface area contributed by atoms with Gasteiger partial charge in [-0.15, -0.1) is 0 Å². The summed E-state index contributed by atoms with van der Waals surface area (Å²) < 4.78 is 3.65. The predicted molar refractivity (Wildman–Crippen MR) is 220 cm³/mol. The lowest BCUT2D eigenvalue weighted by atomic mass is 9.43. The lowest BCUT2D eigenvalue weighted by Crippen LogP contribution is -2.80. The summed E-state index contributed by atoms with van der Waals surface area (Å²) in [6, 6.07) is 15.6. The summed E-state index contributed by atoms with van der Waals surface area (Å²) in [6.45, 7) is 11.7. The highest BCUT2D eigenvalue weighted by atomic mass is 16.3. The van der Waals surface area contributed by atoms with E-state index < -0.39 is 5.60 Å². The summed E-state index contributed by atoms with van der Waals surface area (Å²) >= 11 is 0. The quantitative estimate of drug-likeness (QED) is 0.192. The van der Waals surface area contributed by atoms with Crippen molar-refractivity contribution < 1.29 is 19.5 Å². The van der Waals surface area contributed by atoms with Crippen molar-refractivity contribution >= 4 is 45.5 Å². The van der Waals surface area contributed by atoms with Crippen LogP contribution in [0.3, 0.4) is 0 Å². The molecule has 11 rings (SSSR count). The number of carbonyl (C=O) groups is 3. The number of carbonyl (C=O) groups excluding carboxylic acids is 3. The molecule has 3 saturated heterocycles. The number of rotatable bonds is 8. The van der Waals surface area contributed by atoms with Gasteiger partial charge in [-0.25, -0.2) is 4.52 Å². The molecule has 4 aromatic heterocycles. The summed E-state index contributed by atoms with van der Waals surface area (Å²) in [5.74, 6) is -1.19. The first-order chi connectivity index (χ1) is 28.3. The van der Waals surface area contributed by atoms with Gasteiger partial charge in [-0.1, -0.05) is 0 Å². The van der Waals surface area contributed by atoms with E-state index in [4.69, 9.17) is 10.1 Å². The summed E-state index contributed by atoms with van der Waals surface area (Å²) in [5.41, 5.74) is 5.08. The number of aliphatic hydroxyl groups is 1. The first kappa shape index (κ1) is 37.6. The first-order valence-corrected chi connectivity index (χ1v) is 20.8. The Balaban J connectivity index is 0.751. The minimum Gasteiger partial charge on any atom is -0.386 e. The third kappa shape index (κ3) is 6.36. The third-order valence-electron chi connectivity index (χ3n) is 13.9. The fourth-order valence-corrected chi connectivity index (χ4v) is 10.7. The van der Waals surface area contributed by atoms with Gasteiger partial charge in [-0.3, -0.25) is 39.2 Å². The SMILES string of the molecule is Cc1nc(C2CCC(=O)NC2=O)ccc1N1CCC(N2CCN(C34CC(n5cc6cc(NC(=O)c7ccc8cc(C#N)cnn78)c(C(C)(C)O)cc6n5)(C3)C4)CC2)CC1. The lowest BCUT2D eigenvalue weighted by Gasteiger charge is -2.74. The molecule has 6 fully saturated rings. The second-order valence-electron chi connectivity index (χ2n) is 18.0. The first-order valence-electron chi connectivity index (χ1n) is 20.8. The van der Waals surface area contributed by atoms with Gasteiger partial charge in [0.25, 0.3) is 5.91 Å². The van der Waals surface area contributed by atoms with Gasteiger partial charge in [-0.2, -0.15) is 15.5 Å². The number of piperazine rings is 1. The highest BCUT2D eigenvalue weighted by Crippen LogP contribution is 2.68. The molecule has 3 amide bonds. The predicted octanol–water partition coefficient (Wildman–Crippen LogP) is 4.18. The van der Waals surface area contributed by atoms with Gasteiger partial charge in [0.1, 0.15) is 11.8 Å². The summed E-state index contributed by atoms with van der Waals surface area (Å²) in [5, 5.41) is 36.1. The molecule has 304 valence electrons. The number of nitrogens with one attached hydrogen (secondary N) is 2. The van der Waals surface area contributed by atoms with Crippen molar-refractivity contribution in [3.63, 3.8) is 0 Å². The number of pyridine rings is 1. The Labute approximate surface area is 342 Å². The molecular weight excluding hydrogens is 747 g/mol. The van der Waals surface area contributed by atoms with Crippen LogP contribution in [0.4, 0.5) is 11.4 Å². The number of fused-ring (bicyclic) bond motifs is 2. The number of nitriles is 1. The van der Waals surface area contributed by atoms with Gasteiger partial charge in [0.2, 0.25) is 11.8 Å². The monoisotopic (exact) mass is 795 g/mol. The van der Waals surface area contributed by atoms with Crippen LogP contribution < -0.4 is 15.5 Å². The smallest absolute Gasteiger partial charge is 0.274 e. The number of imide groups is 1. The number of anilines is 2. The average molecular weight is 796 g/mol. The lowest BCUT2D eigenvalue weighted by molar-refractivity contribution is -0.218. The average Bonchev–Trinajstić information content (AvgIpc) is 3.80. The molecule has 6 aliphatic rings. The number of piperidine rings is 2. The van der Waals surface area contributed by atoms with Gasteiger partial charge in [0.15, 0.2) is 0 Å². The van der Waals surface area contributed by atoms with Crippen molar-refractivity contribution in [1.29, 1.82) is 5.26 Å². The van der Waals surface area contributed by atoms with E-state index in [9.17, 15) is 24.8 Å². The van der Waals surface area contributed by atoms with E-state index in [1.807, 2.05) is 25.1 Å². The van der Waals surface area contributed by atoms with E-state index in [-0.39, 0.29) is 34.7 Å². The zero-order valence-corrected chi connectivity index (χ0v) is 33.7. The summed E-state index contributed by atoms with van der Waals surface area (Å²) in [4.78, 5) is 50.2. The molecule has 1 atom stereocenters. The fraction of sp³-hybridized carbons (Fsp3) is 0.477. The molecule has 3 N–H and O–H groups in total. The van der Waals surface area contributed by atoms with Crippen LogP contribution in [0.5, 0.6) is 0 Å². The second kappa shape index (κ2) is 13.7. The second-order valence-corrected chi connectivity index (χ2v) is 18.0. The molecule has 5 aromatic rings. The van der Waals surface area contributed by atoms with Gasteiger partial charge < -0.3 is 15.3 Å². The maximum Gasteiger partial charge on any atom is 0.274 e. The van der Waals surface area contributed by atoms with E-state index in [0.717, 1.165) is 99.4 Å². The molecule has 1 aromatic carbocycles. The van der Waals surface area contributed by atoms with Crippen molar-refractivity contribution in [2.75, 3.05) is 49.5 Å². The molecule has 7 heterocycles. The number of benzene rings is 1. The number of hydrogen-bond donors (Lipinski definition) is 3. The van der Waals surface area contributed by atoms with Crippen LogP contribution in [0, 0.1) is 18.3 Å². The molecule has 0 radical (unpaired) electrons. The standard InChI is InChI=1S/C44H49N11O4/c1-27-37(8-6-34(47-27)32-5-9-39(56)49-40(32)57)52-12-10-30(11-13-52)51-14-16-53(17-15-51)43-24-44(25-43,26-43)54-23-29-19-36(33(42(2,3)59)20-35(29)50-54)48-41(58)38-7-4-31-18-28(21-45)22-46-55(31)38/h4,6-8,18-20,22-23,30,32,59H,5,9-17,24-26H2,1-3H3,(H,48,58)(H,49,56,57). The van der Waals surface area contributed by atoms with Gasteiger partial charge in [0.05, 0.1) is 56.9 Å².